The molecule has 0 amide bonds. The molecule has 0 unspecified atom stereocenters. The number of nitrogens with two attached hydrogens (primary N) is 1. The molecule has 0 atom stereocenters. The third kappa shape index (κ3) is 2.85. The third-order valence-electron chi connectivity index (χ3n) is 2.68. The van der Waals surface area contributed by atoms with E-state index in [9.17, 15) is 0 Å². The van der Waals surface area contributed by atoms with Crippen molar-refractivity contribution in [3.8, 4) is 0 Å². The van der Waals surface area contributed by atoms with Crippen LogP contribution in [-0.2, 0) is 13.1 Å². The van der Waals surface area contributed by atoms with E-state index in [1.807, 2.05) is 24.3 Å². The van der Waals surface area contributed by atoms with Gasteiger partial charge in [0, 0.05) is 19.3 Å². The lowest BCUT2D eigenvalue weighted by molar-refractivity contribution is 0.503. The van der Waals surface area contributed by atoms with Gasteiger partial charge in [0.15, 0.2) is 0 Å². The zero-order valence-corrected chi connectivity index (χ0v) is 9.97. The maximum absolute atomic E-state index is 5.63. The first kappa shape index (κ1) is 11.7. The number of hydrogen-bond acceptors (Lipinski definition) is 4. The highest BCUT2D eigenvalue weighted by atomic mass is 16.3. The van der Waals surface area contributed by atoms with Gasteiger partial charge in [-0.15, -0.1) is 0 Å². The van der Waals surface area contributed by atoms with Gasteiger partial charge in [0.2, 0.25) is 0 Å². The number of rotatable bonds is 5. The number of nitrogens with zero attached hydrogens (tertiary/aromatic N) is 2. The van der Waals surface area contributed by atoms with Crippen LogP contribution in [0.4, 0.5) is 5.82 Å². The first-order chi connectivity index (χ1) is 8.33. The lowest BCUT2D eigenvalue weighted by Gasteiger charge is -2.21. The van der Waals surface area contributed by atoms with Crippen LogP contribution in [0.1, 0.15) is 18.2 Å². The van der Waals surface area contributed by atoms with Crippen molar-refractivity contribution in [2.24, 2.45) is 5.73 Å². The summed E-state index contributed by atoms with van der Waals surface area (Å²) in [5.41, 5.74) is 6.72. The Balaban J connectivity index is 2.16. The summed E-state index contributed by atoms with van der Waals surface area (Å²) in [6.07, 6.45) is 3.48. The second-order valence-electron chi connectivity index (χ2n) is 3.82. The van der Waals surface area contributed by atoms with Gasteiger partial charge in [-0.25, -0.2) is 4.98 Å². The van der Waals surface area contributed by atoms with E-state index in [2.05, 4.69) is 16.8 Å². The van der Waals surface area contributed by atoms with E-state index in [0.717, 1.165) is 30.2 Å². The van der Waals surface area contributed by atoms with Crippen molar-refractivity contribution in [2.75, 3.05) is 11.4 Å². The van der Waals surface area contributed by atoms with Gasteiger partial charge in [-0.3, -0.25) is 0 Å². The van der Waals surface area contributed by atoms with Crippen LogP contribution in [0.15, 0.2) is 41.1 Å². The van der Waals surface area contributed by atoms with Gasteiger partial charge in [0.05, 0.1) is 12.8 Å². The molecular formula is C13H17N3O. The van der Waals surface area contributed by atoms with Gasteiger partial charge in [0.25, 0.3) is 0 Å². The van der Waals surface area contributed by atoms with E-state index < -0.39 is 0 Å². The molecule has 0 saturated heterocycles. The largest absolute Gasteiger partial charge is 0.467 e. The minimum absolute atomic E-state index is 0.536. The monoisotopic (exact) mass is 231 g/mol. The first-order valence-corrected chi connectivity index (χ1v) is 5.75. The van der Waals surface area contributed by atoms with Crippen molar-refractivity contribution >= 4 is 5.82 Å². The standard InChI is InChI=1S/C13H17N3O/c1-2-16(10-12-4-3-7-17-12)13-8-11(9-14)5-6-15-13/h3-8H,2,9-10,14H2,1H3. The highest BCUT2D eigenvalue weighted by Gasteiger charge is 2.08. The zero-order chi connectivity index (χ0) is 12.1. The molecule has 0 aliphatic heterocycles. The predicted molar refractivity (Wildman–Crippen MR) is 67.6 cm³/mol. The quantitative estimate of drug-likeness (QED) is 0.856. The van der Waals surface area contributed by atoms with Crippen molar-refractivity contribution in [3.05, 3.63) is 48.0 Å². The summed E-state index contributed by atoms with van der Waals surface area (Å²) in [5, 5.41) is 0. The second-order valence-corrected chi connectivity index (χ2v) is 3.82. The van der Waals surface area contributed by atoms with Crippen molar-refractivity contribution in [3.63, 3.8) is 0 Å². The molecular weight excluding hydrogens is 214 g/mol. The van der Waals surface area contributed by atoms with Gasteiger partial charge in [-0.1, -0.05) is 0 Å². The number of pyridine rings is 1. The van der Waals surface area contributed by atoms with E-state index in [-0.39, 0.29) is 0 Å². The molecule has 0 saturated carbocycles. The van der Waals surface area contributed by atoms with Gasteiger partial charge in [0.1, 0.15) is 11.6 Å². The van der Waals surface area contributed by atoms with Crippen LogP contribution in [0.25, 0.3) is 0 Å². The fourth-order valence-corrected chi connectivity index (χ4v) is 1.71. The molecule has 0 fully saturated rings. The van der Waals surface area contributed by atoms with Crippen LogP contribution in [-0.4, -0.2) is 11.5 Å². The van der Waals surface area contributed by atoms with Crippen molar-refractivity contribution in [1.82, 2.24) is 4.98 Å². The molecule has 2 N–H and O–H groups in total. The van der Waals surface area contributed by atoms with E-state index in [1.54, 1.807) is 12.5 Å². The van der Waals surface area contributed by atoms with Crippen LogP contribution in [0, 0.1) is 0 Å². The molecule has 2 heterocycles. The number of anilines is 1. The summed E-state index contributed by atoms with van der Waals surface area (Å²) < 4.78 is 5.35. The molecule has 4 nitrogen and oxygen atoms in total. The van der Waals surface area contributed by atoms with Crippen LogP contribution in [0.3, 0.4) is 0 Å². The Hall–Kier alpha value is -1.81. The normalized spacial score (nSPS) is 10.5. The number of furan rings is 1. The van der Waals surface area contributed by atoms with E-state index in [0.29, 0.717) is 6.54 Å². The minimum atomic E-state index is 0.536. The minimum Gasteiger partial charge on any atom is -0.467 e. The van der Waals surface area contributed by atoms with E-state index >= 15 is 0 Å². The van der Waals surface area contributed by atoms with Crippen molar-refractivity contribution < 1.29 is 4.42 Å². The predicted octanol–water partition coefficient (Wildman–Crippen LogP) is 2.16. The molecule has 2 aromatic rings. The Kier molecular flexibility index (Phi) is 3.77. The zero-order valence-electron chi connectivity index (χ0n) is 9.97. The molecule has 2 rings (SSSR count). The molecule has 0 radical (unpaired) electrons. The van der Waals surface area contributed by atoms with Crippen molar-refractivity contribution in [2.45, 2.75) is 20.0 Å². The molecule has 0 aromatic carbocycles. The van der Waals surface area contributed by atoms with E-state index in [4.69, 9.17) is 10.2 Å². The van der Waals surface area contributed by atoms with Gasteiger partial charge < -0.3 is 15.1 Å². The lowest BCUT2D eigenvalue weighted by atomic mass is 10.2. The smallest absolute Gasteiger partial charge is 0.129 e. The average Bonchev–Trinajstić information content (AvgIpc) is 2.89. The SMILES string of the molecule is CCN(Cc1ccco1)c1cc(CN)ccn1. The Morgan fingerprint density at radius 3 is 2.94 bits per heavy atom. The van der Waals surface area contributed by atoms with Crippen molar-refractivity contribution in [1.29, 1.82) is 0 Å². The van der Waals surface area contributed by atoms with Gasteiger partial charge >= 0.3 is 0 Å². The molecule has 2 aromatic heterocycles. The Labute approximate surface area is 101 Å². The molecule has 0 aliphatic rings. The maximum Gasteiger partial charge on any atom is 0.129 e. The first-order valence-electron chi connectivity index (χ1n) is 5.75. The second kappa shape index (κ2) is 5.50. The third-order valence-corrected chi connectivity index (χ3v) is 2.68. The number of aromatic nitrogens is 1. The molecule has 90 valence electrons. The molecule has 0 bridgehead atoms. The van der Waals surface area contributed by atoms with Gasteiger partial charge in [-0.05, 0) is 36.8 Å². The van der Waals surface area contributed by atoms with Gasteiger partial charge in [-0.2, -0.15) is 0 Å². The van der Waals surface area contributed by atoms with E-state index in [1.165, 1.54) is 0 Å². The Morgan fingerprint density at radius 2 is 2.29 bits per heavy atom. The summed E-state index contributed by atoms with van der Waals surface area (Å²) in [5.74, 6) is 1.87. The average molecular weight is 231 g/mol. The molecule has 4 heteroatoms. The number of hydrogen-bond donors (Lipinski definition) is 1. The summed E-state index contributed by atoms with van der Waals surface area (Å²) in [4.78, 5) is 6.52. The molecule has 17 heavy (non-hydrogen) atoms. The van der Waals surface area contributed by atoms with Crippen LogP contribution >= 0.6 is 0 Å². The lowest BCUT2D eigenvalue weighted by Crippen LogP contribution is -2.23. The Morgan fingerprint density at radius 1 is 1.41 bits per heavy atom. The van der Waals surface area contributed by atoms with Crippen LogP contribution in [0.5, 0.6) is 0 Å². The van der Waals surface area contributed by atoms with Crippen LogP contribution in [0.2, 0.25) is 0 Å². The molecule has 0 spiro atoms. The summed E-state index contributed by atoms with van der Waals surface area (Å²) in [7, 11) is 0. The fraction of sp³-hybridized carbons (Fsp3) is 0.308. The maximum atomic E-state index is 5.63. The Bertz CT molecular complexity index is 453. The van der Waals surface area contributed by atoms with Crippen LogP contribution < -0.4 is 10.6 Å². The topological polar surface area (TPSA) is 55.3 Å². The summed E-state index contributed by atoms with van der Waals surface area (Å²) in [6, 6.07) is 7.82. The summed E-state index contributed by atoms with van der Waals surface area (Å²) >= 11 is 0. The highest BCUT2D eigenvalue weighted by Crippen LogP contribution is 2.15. The fourth-order valence-electron chi connectivity index (χ4n) is 1.71. The molecule has 0 aliphatic carbocycles. The summed E-state index contributed by atoms with van der Waals surface area (Å²) in [6.45, 7) is 4.24. The highest BCUT2D eigenvalue weighted by molar-refractivity contribution is 5.41.